The van der Waals surface area contributed by atoms with Crippen molar-refractivity contribution >= 4 is 5.82 Å². The fourth-order valence-electron chi connectivity index (χ4n) is 1.63. The summed E-state index contributed by atoms with van der Waals surface area (Å²) in [5.41, 5.74) is 0.941. The maximum absolute atomic E-state index is 5.99. The maximum atomic E-state index is 5.99. The number of ether oxygens (including phenoxy) is 1. The molecule has 0 aliphatic carbocycles. The number of rotatable bonds is 8. The van der Waals surface area contributed by atoms with E-state index in [9.17, 15) is 0 Å². The van der Waals surface area contributed by atoms with Crippen LogP contribution in [0, 0.1) is 6.92 Å². The number of hydrogen-bond acceptors (Lipinski definition) is 5. The predicted octanol–water partition coefficient (Wildman–Crippen LogP) is 2.89. The summed E-state index contributed by atoms with van der Waals surface area (Å²) in [6.07, 6.45) is 1.86. The van der Waals surface area contributed by atoms with Crippen molar-refractivity contribution in [1.82, 2.24) is 14.9 Å². The molecule has 5 nitrogen and oxygen atoms in total. The molecule has 0 fully saturated rings. The molecule has 0 aliphatic heterocycles. The van der Waals surface area contributed by atoms with E-state index in [2.05, 4.69) is 62.0 Å². The zero-order valence-corrected chi connectivity index (χ0v) is 14.6. The highest BCUT2D eigenvalue weighted by Gasteiger charge is 2.22. The molecule has 1 aromatic rings. The van der Waals surface area contributed by atoms with Crippen LogP contribution in [0.2, 0.25) is 0 Å². The van der Waals surface area contributed by atoms with Crippen molar-refractivity contribution < 1.29 is 4.74 Å². The minimum atomic E-state index is -0.0409. The molecule has 0 bridgehead atoms. The molecule has 0 saturated heterocycles. The summed E-state index contributed by atoms with van der Waals surface area (Å²) >= 11 is 0. The number of aromatic nitrogens is 2. The molecule has 1 N–H and O–H groups in total. The van der Waals surface area contributed by atoms with Crippen molar-refractivity contribution in [2.75, 3.05) is 32.6 Å². The standard InChI is InChI=1S/C16H30N4O/c1-8-10-17-14-12(3)15(19-13(9-2)18-14)21-11-16(4,5)20(6)7/h8-11H2,1-7H3,(H,17,18,19). The Hall–Kier alpha value is -1.36. The lowest BCUT2D eigenvalue weighted by Crippen LogP contribution is -2.43. The highest BCUT2D eigenvalue weighted by atomic mass is 16.5. The highest BCUT2D eigenvalue weighted by molar-refractivity contribution is 5.48. The molecule has 0 radical (unpaired) electrons. The molecule has 0 atom stereocenters. The second-order valence-corrected chi connectivity index (χ2v) is 6.19. The average Bonchev–Trinajstić information content (AvgIpc) is 2.44. The van der Waals surface area contributed by atoms with Crippen LogP contribution in [0.15, 0.2) is 0 Å². The third-order valence-electron chi connectivity index (χ3n) is 3.78. The van der Waals surface area contributed by atoms with E-state index in [0.29, 0.717) is 12.5 Å². The number of nitrogens with one attached hydrogen (secondary N) is 1. The minimum Gasteiger partial charge on any atom is -0.475 e. The van der Waals surface area contributed by atoms with Gasteiger partial charge in [0.1, 0.15) is 18.2 Å². The van der Waals surface area contributed by atoms with Crippen molar-refractivity contribution in [2.45, 2.75) is 53.0 Å². The number of likely N-dealkylation sites (N-methyl/N-ethyl adjacent to an activating group) is 1. The van der Waals surface area contributed by atoms with Gasteiger partial charge < -0.3 is 15.0 Å². The third-order valence-corrected chi connectivity index (χ3v) is 3.78. The zero-order valence-electron chi connectivity index (χ0n) is 14.6. The molecule has 0 spiro atoms. The second kappa shape index (κ2) is 7.59. The predicted molar refractivity (Wildman–Crippen MR) is 88.2 cm³/mol. The van der Waals surface area contributed by atoms with Crippen LogP contribution < -0.4 is 10.1 Å². The zero-order chi connectivity index (χ0) is 16.0. The Morgan fingerprint density at radius 2 is 1.86 bits per heavy atom. The lowest BCUT2D eigenvalue weighted by atomic mass is 10.1. The van der Waals surface area contributed by atoms with Gasteiger partial charge in [0.2, 0.25) is 5.88 Å². The van der Waals surface area contributed by atoms with E-state index in [0.717, 1.165) is 36.6 Å². The SMILES string of the molecule is CCCNc1nc(CC)nc(OCC(C)(C)N(C)C)c1C. The van der Waals surface area contributed by atoms with Gasteiger partial charge in [-0.3, -0.25) is 0 Å². The number of nitrogens with zero attached hydrogens (tertiary/aromatic N) is 3. The Balaban J connectivity index is 2.95. The summed E-state index contributed by atoms with van der Waals surface area (Å²) in [5, 5.41) is 3.36. The molecule has 0 aliphatic rings. The molecule has 21 heavy (non-hydrogen) atoms. The molecular weight excluding hydrogens is 264 g/mol. The van der Waals surface area contributed by atoms with Gasteiger partial charge in [-0.1, -0.05) is 13.8 Å². The molecule has 0 aromatic carbocycles. The van der Waals surface area contributed by atoms with Crippen molar-refractivity contribution in [3.63, 3.8) is 0 Å². The Bertz CT molecular complexity index is 458. The third kappa shape index (κ3) is 4.84. The Morgan fingerprint density at radius 1 is 1.19 bits per heavy atom. The van der Waals surface area contributed by atoms with Crippen LogP contribution >= 0.6 is 0 Å². The quantitative estimate of drug-likeness (QED) is 0.799. The fourth-order valence-corrected chi connectivity index (χ4v) is 1.63. The van der Waals surface area contributed by atoms with Crippen LogP contribution in [0.3, 0.4) is 0 Å². The summed E-state index contributed by atoms with van der Waals surface area (Å²) in [5.74, 6) is 2.40. The summed E-state index contributed by atoms with van der Waals surface area (Å²) in [6.45, 7) is 12.0. The van der Waals surface area contributed by atoms with Crippen LogP contribution in [0.4, 0.5) is 5.82 Å². The Labute approximate surface area is 129 Å². The largest absolute Gasteiger partial charge is 0.475 e. The topological polar surface area (TPSA) is 50.3 Å². The first-order chi connectivity index (χ1) is 9.81. The maximum Gasteiger partial charge on any atom is 0.221 e. The lowest BCUT2D eigenvalue weighted by molar-refractivity contribution is 0.110. The summed E-state index contributed by atoms with van der Waals surface area (Å²) in [4.78, 5) is 11.2. The highest BCUT2D eigenvalue weighted by Crippen LogP contribution is 2.24. The molecular formula is C16H30N4O. The number of aryl methyl sites for hydroxylation is 1. The van der Waals surface area contributed by atoms with Gasteiger partial charge in [-0.25, -0.2) is 4.98 Å². The van der Waals surface area contributed by atoms with Gasteiger partial charge in [0.15, 0.2) is 0 Å². The van der Waals surface area contributed by atoms with Gasteiger partial charge in [-0.2, -0.15) is 4.98 Å². The van der Waals surface area contributed by atoms with Gasteiger partial charge in [-0.05, 0) is 41.3 Å². The summed E-state index contributed by atoms with van der Waals surface area (Å²) in [6, 6.07) is 0. The molecule has 1 heterocycles. The number of anilines is 1. The van der Waals surface area contributed by atoms with E-state index in [1.54, 1.807) is 0 Å². The molecule has 1 rings (SSSR count). The second-order valence-electron chi connectivity index (χ2n) is 6.19. The van der Waals surface area contributed by atoms with E-state index in [-0.39, 0.29) is 5.54 Å². The van der Waals surface area contributed by atoms with Gasteiger partial charge in [0.05, 0.1) is 5.56 Å². The molecule has 0 unspecified atom stereocenters. The molecule has 1 aromatic heterocycles. The van der Waals surface area contributed by atoms with Crippen molar-refractivity contribution in [3.8, 4) is 5.88 Å². The van der Waals surface area contributed by atoms with Crippen LogP contribution in [-0.2, 0) is 6.42 Å². The van der Waals surface area contributed by atoms with Crippen molar-refractivity contribution in [2.24, 2.45) is 0 Å². The molecule has 0 amide bonds. The Morgan fingerprint density at radius 3 is 2.38 bits per heavy atom. The first kappa shape index (κ1) is 17.7. The van der Waals surface area contributed by atoms with E-state index in [1.165, 1.54) is 0 Å². The first-order valence-corrected chi connectivity index (χ1v) is 7.73. The fraction of sp³-hybridized carbons (Fsp3) is 0.750. The monoisotopic (exact) mass is 294 g/mol. The van der Waals surface area contributed by atoms with Gasteiger partial charge in [-0.15, -0.1) is 0 Å². The normalized spacial score (nSPS) is 11.8. The Kier molecular flexibility index (Phi) is 6.40. The molecule has 0 saturated carbocycles. The smallest absolute Gasteiger partial charge is 0.221 e. The average molecular weight is 294 g/mol. The van der Waals surface area contributed by atoms with Gasteiger partial charge in [0, 0.05) is 18.5 Å². The minimum absolute atomic E-state index is 0.0409. The van der Waals surface area contributed by atoms with E-state index in [1.807, 2.05) is 6.92 Å². The number of hydrogen-bond donors (Lipinski definition) is 1. The van der Waals surface area contributed by atoms with Gasteiger partial charge in [0.25, 0.3) is 0 Å². The van der Waals surface area contributed by atoms with E-state index >= 15 is 0 Å². The van der Waals surface area contributed by atoms with Gasteiger partial charge >= 0.3 is 0 Å². The van der Waals surface area contributed by atoms with Crippen molar-refractivity contribution in [3.05, 3.63) is 11.4 Å². The summed E-state index contributed by atoms with van der Waals surface area (Å²) in [7, 11) is 4.11. The van der Waals surface area contributed by atoms with Crippen LogP contribution in [-0.4, -0.2) is 47.7 Å². The van der Waals surface area contributed by atoms with E-state index < -0.39 is 0 Å². The van der Waals surface area contributed by atoms with Crippen LogP contribution in [0.1, 0.15) is 45.5 Å². The first-order valence-electron chi connectivity index (χ1n) is 7.73. The summed E-state index contributed by atoms with van der Waals surface area (Å²) < 4.78 is 5.99. The van der Waals surface area contributed by atoms with E-state index in [4.69, 9.17) is 4.74 Å². The molecule has 5 heteroatoms. The van der Waals surface area contributed by atoms with Crippen molar-refractivity contribution in [1.29, 1.82) is 0 Å². The lowest BCUT2D eigenvalue weighted by Gasteiger charge is -2.32. The van der Waals surface area contributed by atoms with Crippen LogP contribution in [0.25, 0.3) is 0 Å². The molecule has 120 valence electrons. The van der Waals surface area contributed by atoms with Crippen LogP contribution in [0.5, 0.6) is 5.88 Å².